The molecule has 0 saturated heterocycles. The fourth-order valence-electron chi connectivity index (χ4n) is 3.10. The van der Waals surface area contributed by atoms with Gasteiger partial charge in [-0.15, -0.1) is 0 Å². The van der Waals surface area contributed by atoms with E-state index in [2.05, 4.69) is 14.9 Å². The number of aromatic nitrogens is 4. The molecule has 0 aliphatic carbocycles. The Labute approximate surface area is 138 Å². The molecule has 24 heavy (non-hydrogen) atoms. The van der Waals surface area contributed by atoms with Gasteiger partial charge in [-0.25, -0.2) is 9.78 Å². The van der Waals surface area contributed by atoms with E-state index >= 15 is 0 Å². The normalized spacial score (nSPS) is 16.2. The van der Waals surface area contributed by atoms with Crippen molar-refractivity contribution in [1.82, 2.24) is 24.0 Å². The van der Waals surface area contributed by atoms with Crippen LogP contribution in [0, 0.1) is 0 Å². The van der Waals surface area contributed by atoms with Crippen LogP contribution in [-0.2, 0) is 20.6 Å². The molecule has 9 nitrogen and oxygen atoms in total. The maximum absolute atomic E-state index is 12.4. The average molecular weight is 335 g/mol. The summed E-state index contributed by atoms with van der Waals surface area (Å²) in [5.41, 5.74) is -0.172. The Morgan fingerprint density at radius 2 is 2.12 bits per heavy atom. The van der Waals surface area contributed by atoms with E-state index in [9.17, 15) is 14.7 Å². The largest absolute Gasteiger partial charge is 0.387 e. The summed E-state index contributed by atoms with van der Waals surface area (Å²) in [6.07, 6.45) is 2.92. The summed E-state index contributed by atoms with van der Waals surface area (Å²) in [6, 6.07) is 0. The minimum Gasteiger partial charge on any atom is -0.387 e. The van der Waals surface area contributed by atoms with Crippen molar-refractivity contribution >= 4 is 17.0 Å². The Kier molecular flexibility index (Phi) is 4.27. The number of nitrogens with one attached hydrogen (secondary N) is 1. The van der Waals surface area contributed by atoms with Crippen LogP contribution in [0.2, 0.25) is 0 Å². The molecule has 1 atom stereocenters. The van der Waals surface area contributed by atoms with Crippen molar-refractivity contribution in [3.63, 3.8) is 0 Å². The molecule has 130 valence electrons. The second-order valence-electron chi connectivity index (χ2n) is 6.28. The van der Waals surface area contributed by atoms with Crippen molar-refractivity contribution < 1.29 is 9.68 Å². The Bertz CT molecular complexity index is 920. The Hall–Kier alpha value is -2.42. The third-order valence-corrected chi connectivity index (χ3v) is 4.53. The highest BCUT2D eigenvalue weighted by atomic mass is 16.3. The van der Waals surface area contributed by atoms with Gasteiger partial charge in [-0.1, -0.05) is 0 Å². The molecular formula is C15H23N6O3+. The molecule has 0 amide bonds. The van der Waals surface area contributed by atoms with E-state index in [1.54, 1.807) is 11.6 Å². The van der Waals surface area contributed by atoms with Crippen LogP contribution < -0.4 is 16.6 Å². The molecule has 1 aliphatic heterocycles. The molecule has 0 radical (unpaired) electrons. The molecule has 0 spiro atoms. The molecule has 0 saturated carbocycles. The number of aryl methyl sites for hydroxylation is 1. The van der Waals surface area contributed by atoms with Crippen LogP contribution in [0.3, 0.4) is 0 Å². The summed E-state index contributed by atoms with van der Waals surface area (Å²) in [5.74, 6) is 1.13. The average Bonchev–Trinajstić information content (AvgIpc) is 3.15. The molecule has 0 aromatic carbocycles. The van der Waals surface area contributed by atoms with Gasteiger partial charge in [0.05, 0.1) is 32.9 Å². The summed E-state index contributed by atoms with van der Waals surface area (Å²) in [5, 5.41) is 13.5. The van der Waals surface area contributed by atoms with Gasteiger partial charge in [-0.3, -0.25) is 23.8 Å². The molecule has 9 heteroatoms. The second-order valence-corrected chi connectivity index (χ2v) is 6.28. The lowest BCUT2D eigenvalue weighted by Gasteiger charge is -2.11. The second kappa shape index (κ2) is 6.23. The van der Waals surface area contributed by atoms with Gasteiger partial charge in [0.2, 0.25) is 5.84 Å². The summed E-state index contributed by atoms with van der Waals surface area (Å²) >= 11 is 0. The molecule has 1 aliphatic rings. The first-order valence-electron chi connectivity index (χ1n) is 8.00. The number of amidine groups is 1. The van der Waals surface area contributed by atoms with Gasteiger partial charge in [0, 0.05) is 14.1 Å². The molecular weight excluding hydrogens is 312 g/mol. The van der Waals surface area contributed by atoms with Crippen molar-refractivity contribution in [2.75, 3.05) is 20.1 Å². The van der Waals surface area contributed by atoms with Crippen LogP contribution in [0.4, 0.5) is 0 Å². The van der Waals surface area contributed by atoms with Crippen molar-refractivity contribution in [1.29, 1.82) is 0 Å². The van der Waals surface area contributed by atoms with Crippen LogP contribution in [-0.4, -0.2) is 60.4 Å². The van der Waals surface area contributed by atoms with E-state index in [4.69, 9.17) is 0 Å². The number of hydrogen-bond acceptors (Lipinski definition) is 5. The number of nitrogens with zero attached hydrogens (tertiary/aromatic N) is 5. The first kappa shape index (κ1) is 16.4. The summed E-state index contributed by atoms with van der Waals surface area (Å²) < 4.78 is 6.13. The first-order valence-corrected chi connectivity index (χ1v) is 8.00. The first-order chi connectivity index (χ1) is 11.4. The van der Waals surface area contributed by atoms with Gasteiger partial charge in [0.25, 0.3) is 5.56 Å². The lowest BCUT2D eigenvalue weighted by atomic mass is 10.3. The molecule has 0 fully saturated rings. The number of rotatable bonds is 4. The Morgan fingerprint density at radius 3 is 2.79 bits per heavy atom. The molecule has 3 rings (SSSR count). The smallest absolute Gasteiger partial charge is 0.332 e. The van der Waals surface area contributed by atoms with Crippen molar-refractivity contribution in [3.8, 4) is 0 Å². The fourth-order valence-corrected chi connectivity index (χ4v) is 3.10. The van der Waals surface area contributed by atoms with Gasteiger partial charge in [-0.05, 0) is 6.42 Å². The Morgan fingerprint density at radius 1 is 1.38 bits per heavy atom. The fraction of sp³-hybridized carbons (Fsp3) is 0.600. The highest BCUT2D eigenvalue weighted by Gasteiger charge is 2.20. The van der Waals surface area contributed by atoms with Crippen molar-refractivity contribution in [2.24, 2.45) is 14.1 Å². The maximum Gasteiger partial charge on any atom is 0.332 e. The molecule has 2 N–H and O–H groups in total. The van der Waals surface area contributed by atoms with E-state index < -0.39 is 17.4 Å². The predicted octanol–water partition coefficient (Wildman–Crippen LogP) is -1.78. The number of hydrogen-bond donors (Lipinski definition) is 2. The zero-order valence-corrected chi connectivity index (χ0v) is 14.2. The van der Waals surface area contributed by atoms with Gasteiger partial charge in [-0.2, -0.15) is 0 Å². The van der Waals surface area contributed by atoms with Crippen LogP contribution in [0.25, 0.3) is 11.2 Å². The highest BCUT2D eigenvalue weighted by molar-refractivity contribution is 5.78. The zero-order valence-electron chi connectivity index (χ0n) is 14.2. The molecule has 2 aromatic heterocycles. The Balaban J connectivity index is 1.82. The van der Waals surface area contributed by atoms with E-state index in [0.29, 0.717) is 17.7 Å². The van der Waals surface area contributed by atoms with Crippen LogP contribution in [0.5, 0.6) is 0 Å². The van der Waals surface area contributed by atoms with E-state index in [-0.39, 0.29) is 6.54 Å². The van der Waals surface area contributed by atoms with Gasteiger partial charge in [0.15, 0.2) is 11.2 Å². The topological polar surface area (TPSA) is 97.1 Å². The quantitative estimate of drug-likeness (QED) is 0.644. The zero-order chi connectivity index (χ0) is 17.4. The lowest BCUT2D eigenvalue weighted by molar-refractivity contribution is -0.490. The third kappa shape index (κ3) is 2.75. The standard InChI is InChI=1S/C15H22N6O3/c1-18-6-4-5-11(18)16-7-10(22)8-21-9-17-13-12(21)14(23)20(3)15(24)19(13)2/h9-10,22H,4-8H2,1-3H3/p+1/t10-/m1/s1. The van der Waals surface area contributed by atoms with Gasteiger partial charge in [0.1, 0.15) is 12.6 Å². The van der Waals surface area contributed by atoms with E-state index in [0.717, 1.165) is 29.8 Å². The van der Waals surface area contributed by atoms with Gasteiger partial charge >= 0.3 is 5.69 Å². The number of aliphatic hydroxyl groups excluding tert-OH is 1. The van der Waals surface area contributed by atoms with Crippen molar-refractivity contribution in [2.45, 2.75) is 25.5 Å². The lowest BCUT2D eigenvalue weighted by Crippen LogP contribution is -2.39. The maximum atomic E-state index is 12.4. The van der Waals surface area contributed by atoms with E-state index in [1.165, 1.54) is 17.9 Å². The molecule has 3 heterocycles. The summed E-state index contributed by atoms with van der Waals surface area (Å²) in [7, 11) is 5.04. The number of aliphatic hydroxyl groups is 1. The van der Waals surface area contributed by atoms with Crippen LogP contribution >= 0.6 is 0 Å². The minimum atomic E-state index is -0.675. The minimum absolute atomic E-state index is 0.230. The predicted molar refractivity (Wildman–Crippen MR) is 89.5 cm³/mol. The molecule has 0 bridgehead atoms. The van der Waals surface area contributed by atoms with Crippen LogP contribution in [0.15, 0.2) is 15.9 Å². The van der Waals surface area contributed by atoms with E-state index in [1.807, 2.05) is 7.05 Å². The van der Waals surface area contributed by atoms with Crippen molar-refractivity contribution in [3.05, 3.63) is 27.2 Å². The highest BCUT2D eigenvalue weighted by Crippen LogP contribution is 2.06. The SMILES string of the molecule is Cn1c(=O)c2c(ncn2C[C@H](O)CNC2=[N+](C)CCC2)n(C)c1=O. The summed E-state index contributed by atoms with van der Waals surface area (Å²) in [4.78, 5) is 28.4. The third-order valence-electron chi connectivity index (χ3n) is 4.53. The molecule has 2 aromatic rings. The monoisotopic (exact) mass is 335 g/mol. The van der Waals surface area contributed by atoms with Crippen LogP contribution in [0.1, 0.15) is 12.8 Å². The number of fused-ring (bicyclic) bond motifs is 1. The van der Waals surface area contributed by atoms with Gasteiger partial charge < -0.3 is 9.67 Å². The summed E-state index contributed by atoms with van der Waals surface area (Å²) in [6.45, 7) is 1.65. The molecule has 0 unspecified atom stereocenters. The number of imidazole rings is 1.